The average Bonchev–Trinajstić information content (AvgIpc) is 3.53. The smallest absolute Gasteiger partial charge is 0.335 e. The molecule has 7 heteroatoms. The normalized spacial score (nSPS) is 14.1. The van der Waals surface area contributed by atoms with Gasteiger partial charge < -0.3 is 20.6 Å². The van der Waals surface area contributed by atoms with Crippen molar-refractivity contribution in [1.29, 1.82) is 0 Å². The molecule has 0 bridgehead atoms. The van der Waals surface area contributed by atoms with E-state index in [4.69, 9.17) is 11.6 Å². The zero-order valence-corrected chi connectivity index (χ0v) is 17.4. The van der Waals surface area contributed by atoms with Crippen LogP contribution in [-0.2, 0) is 10.2 Å². The minimum Gasteiger partial charge on any atom is -0.504 e. The van der Waals surface area contributed by atoms with Crippen LogP contribution in [0.4, 0.5) is 5.69 Å². The van der Waals surface area contributed by atoms with E-state index in [0.29, 0.717) is 34.7 Å². The Balaban J connectivity index is 1.64. The summed E-state index contributed by atoms with van der Waals surface area (Å²) >= 11 is 6.11. The summed E-state index contributed by atoms with van der Waals surface area (Å²) < 4.78 is 0. The number of phenolic OH excluding ortho intramolecular Hbond substituents is 2. The average molecular weight is 438 g/mol. The van der Waals surface area contributed by atoms with Crippen molar-refractivity contribution in [2.45, 2.75) is 25.2 Å². The molecule has 1 fully saturated rings. The van der Waals surface area contributed by atoms with Gasteiger partial charge in [-0.25, -0.2) is 4.79 Å². The molecular weight excluding hydrogens is 418 g/mol. The van der Waals surface area contributed by atoms with E-state index < -0.39 is 11.4 Å². The molecule has 0 heterocycles. The van der Waals surface area contributed by atoms with Crippen LogP contribution < -0.4 is 5.32 Å². The van der Waals surface area contributed by atoms with Crippen LogP contribution in [0.1, 0.15) is 34.3 Å². The van der Waals surface area contributed by atoms with Crippen molar-refractivity contribution in [3.63, 3.8) is 0 Å². The number of aromatic carboxylic acids is 1. The Morgan fingerprint density at radius 3 is 2.35 bits per heavy atom. The highest BCUT2D eigenvalue weighted by molar-refractivity contribution is 6.31. The number of halogens is 1. The SMILES string of the molecule is Cc1ccc(NC(=O)C2(c3ccc(O)c(O)c3)CC2)cc1-c1cc(Cl)cc(C(=O)O)c1. The van der Waals surface area contributed by atoms with Crippen LogP contribution in [0.15, 0.2) is 54.6 Å². The van der Waals surface area contributed by atoms with Gasteiger partial charge in [-0.3, -0.25) is 4.79 Å². The number of rotatable bonds is 5. The van der Waals surface area contributed by atoms with Gasteiger partial charge in [0.2, 0.25) is 5.91 Å². The molecule has 0 unspecified atom stereocenters. The Labute approximate surface area is 183 Å². The van der Waals surface area contributed by atoms with Crippen molar-refractivity contribution in [2.75, 3.05) is 5.32 Å². The number of phenols is 2. The number of nitrogens with one attached hydrogen (secondary N) is 1. The third-order valence-corrected chi connectivity index (χ3v) is 5.88. The summed E-state index contributed by atoms with van der Waals surface area (Å²) in [5.41, 5.74) is 2.85. The number of carbonyl (C=O) groups is 2. The van der Waals surface area contributed by atoms with Gasteiger partial charge in [0.25, 0.3) is 0 Å². The standard InChI is InChI=1S/C24H20ClNO5/c1-13-2-4-18(12-19(13)14-8-15(22(29)30)10-17(25)9-14)26-23(31)24(6-7-24)16-3-5-20(27)21(28)11-16/h2-5,8-12,27-28H,6-7H2,1H3,(H,26,31)(H,29,30). The molecule has 0 radical (unpaired) electrons. The molecule has 158 valence electrons. The van der Waals surface area contributed by atoms with Crippen LogP contribution in [0.25, 0.3) is 11.1 Å². The molecule has 3 aromatic carbocycles. The van der Waals surface area contributed by atoms with Gasteiger partial charge in [-0.2, -0.15) is 0 Å². The summed E-state index contributed by atoms with van der Waals surface area (Å²) in [4.78, 5) is 24.5. The van der Waals surface area contributed by atoms with E-state index in [1.165, 1.54) is 18.2 Å². The first-order valence-corrected chi connectivity index (χ1v) is 10.1. The Kier molecular flexibility index (Phi) is 5.11. The number of amides is 1. The zero-order valence-electron chi connectivity index (χ0n) is 16.6. The van der Waals surface area contributed by atoms with Gasteiger partial charge in [-0.15, -0.1) is 0 Å². The fourth-order valence-electron chi connectivity index (χ4n) is 3.72. The molecule has 0 aromatic heterocycles. The summed E-state index contributed by atoms with van der Waals surface area (Å²) in [6, 6.07) is 14.5. The molecule has 1 aliphatic carbocycles. The largest absolute Gasteiger partial charge is 0.504 e. The van der Waals surface area contributed by atoms with Crippen molar-refractivity contribution >= 4 is 29.2 Å². The van der Waals surface area contributed by atoms with Crippen molar-refractivity contribution < 1.29 is 24.9 Å². The second-order valence-electron chi connectivity index (χ2n) is 7.80. The van der Waals surface area contributed by atoms with Gasteiger partial charge in [0.1, 0.15) is 0 Å². The predicted molar refractivity (Wildman–Crippen MR) is 118 cm³/mol. The molecule has 0 atom stereocenters. The Morgan fingerprint density at radius 1 is 0.968 bits per heavy atom. The highest BCUT2D eigenvalue weighted by atomic mass is 35.5. The van der Waals surface area contributed by atoms with E-state index in [0.717, 1.165) is 11.1 Å². The summed E-state index contributed by atoms with van der Waals surface area (Å²) in [5, 5.41) is 31.9. The van der Waals surface area contributed by atoms with Gasteiger partial charge >= 0.3 is 5.97 Å². The summed E-state index contributed by atoms with van der Waals surface area (Å²) in [6.07, 6.45) is 1.27. The number of hydrogen-bond acceptors (Lipinski definition) is 4. The Hall–Kier alpha value is -3.51. The van der Waals surface area contributed by atoms with Gasteiger partial charge in [0, 0.05) is 10.7 Å². The molecule has 6 nitrogen and oxygen atoms in total. The summed E-state index contributed by atoms with van der Waals surface area (Å²) in [5.74, 6) is -1.77. The van der Waals surface area contributed by atoms with E-state index in [2.05, 4.69) is 5.32 Å². The lowest BCUT2D eigenvalue weighted by Gasteiger charge is -2.17. The van der Waals surface area contributed by atoms with Crippen molar-refractivity contribution in [1.82, 2.24) is 0 Å². The lowest BCUT2D eigenvalue weighted by molar-refractivity contribution is -0.118. The molecule has 1 saturated carbocycles. The topological polar surface area (TPSA) is 107 Å². The third kappa shape index (κ3) is 3.94. The molecule has 31 heavy (non-hydrogen) atoms. The van der Waals surface area contributed by atoms with Crippen LogP contribution in [0, 0.1) is 6.92 Å². The van der Waals surface area contributed by atoms with Crippen molar-refractivity contribution in [3.05, 3.63) is 76.3 Å². The number of carbonyl (C=O) groups excluding carboxylic acids is 1. The minimum atomic E-state index is -1.07. The van der Waals surface area contributed by atoms with E-state index in [9.17, 15) is 24.9 Å². The molecule has 1 aliphatic rings. The fourth-order valence-corrected chi connectivity index (χ4v) is 3.96. The van der Waals surface area contributed by atoms with Crippen LogP contribution >= 0.6 is 11.6 Å². The second-order valence-corrected chi connectivity index (χ2v) is 8.24. The first-order chi connectivity index (χ1) is 14.7. The maximum Gasteiger partial charge on any atom is 0.335 e. The molecule has 1 amide bonds. The molecular formula is C24H20ClNO5. The zero-order chi connectivity index (χ0) is 22.3. The lowest BCUT2D eigenvalue weighted by Crippen LogP contribution is -2.27. The van der Waals surface area contributed by atoms with Crippen LogP contribution in [0.2, 0.25) is 5.02 Å². The molecule has 4 rings (SSSR count). The van der Waals surface area contributed by atoms with Crippen LogP contribution in [0.3, 0.4) is 0 Å². The molecule has 0 spiro atoms. The van der Waals surface area contributed by atoms with E-state index in [-0.39, 0.29) is 23.0 Å². The predicted octanol–water partition coefficient (Wildman–Crippen LogP) is 5.10. The second kappa shape index (κ2) is 7.63. The maximum atomic E-state index is 13.1. The maximum absolute atomic E-state index is 13.1. The monoisotopic (exact) mass is 437 g/mol. The van der Waals surface area contributed by atoms with Crippen LogP contribution in [0.5, 0.6) is 11.5 Å². The van der Waals surface area contributed by atoms with Gasteiger partial charge in [0.15, 0.2) is 11.5 Å². The quantitative estimate of drug-likeness (QED) is 0.416. The fraction of sp³-hybridized carbons (Fsp3) is 0.167. The molecule has 3 aromatic rings. The van der Waals surface area contributed by atoms with Crippen molar-refractivity contribution in [3.8, 4) is 22.6 Å². The van der Waals surface area contributed by atoms with Gasteiger partial charge in [-0.1, -0.05) is 23.7 Å². The van der Waals surface area contributed by atoms with Gasteiger partial charge in [0.05, 0.1) is 11.0 Å². The van der Waals surface area contributed by atoms with Gasteiger partial charge in [-0.05, 0) is 84.5 Å². The lowest BCUT2D eigenvalue weighted by atomic mass is 9.94. The minimum absolute atomic E-state index is 0.0837. The van der Waals surface area contributed by atoms with E-state index in [1.54, 1.807) is 30.3 Å². The Bertz CT molecular complexity index is 1220. The number of benzene rings is 3. The van der Waals surface area contributed by atoms with Crippen molar-refractivity contribution in [2.24, 2.45) is 0 Å². The van der Waals surface area contributed by atoms with E-state index >= 15 is 0 Å². The number of aromatic hydroxyl groups is 2. The molecule has 0 aliphatic heterocycles. The first kappa shape index (κ1) is 20.8. The van der Waals surface area contributed by atoms with E-state index in [1.807, 2.05) is 13.0 Å². The number of hydrogen-bond donors (Lipinski definition) is 4. The number of aryl methyl sites for hydroxylation is 1. The van der Waals surface area contributed by atoms with Crippen LogP contribution in [-0.4, -0.2) is 27.2 Å². The summed E-state index contributed by atoms with van der Waals surface area (Å²) in [6.45, 7) is 1.89. The molecule has 4 N–H and O–H groups in total. The highest BCUT2D eigenvalue weighted by Gasteiger charge is 2.51. The first-order valence-electron chi connectivity index (χ1n) is 9.68. The third-order valence-electron chi connectivity index (χ3n) is 5.66. The number of carboxylic acid groups (broad SMARTS) is 1. The number of carboxylic acids is 1. The highest BCUT2D eigenvalue weighted by Crippen LogP contribution is 2.50. The Morgan fingerprint density at radius 2 is 1.71 bits per heavy atom. The summed E-state index contributed by atoms with van der Waals surface area (Å²) in [7, 11) is 0. The number of anilines is 1. The molecule has 0 saturated heterocycles.